The summed E-state index contributed by atoms with van der Waals surface area (Å²) in [5.41, 5.74) is 1.20. The van der Waals surface area contributed by atoms with Crippen molar-refractivity contribution in [3.8, 4) is 11.8 Å². The summed E-state index contributed by atoms with van der Waals surface area (Å²) < 4.78 is 5.44. The van der Waals surface area contributed by atoms with Gasteiger partial charge in [-0.15, -0.1) is 5.92 Å². The van der Waals surface area contributed by atoms with E-state index in [2.05, 4.69) is 22.1 Å². The molecular formula is C21H19N3O3S. The van der Waals surface area contributed by atoms with Crippen LogP contribution in [0.1, 0.15) is 30.1 Å². The number of benzene rings is 1. The number of fused-ring (bicyclic) bond motifs is 2. The van der Waals surface area contributed by atoms with Crippen LogP contribution in [0.15, 0.2) is 46.3 Å². The van der Waals surface area contributed by atoms with Crippen molar-refractivity contribution in [1.82, 2.24) is 4.98 Å². The Kier molecular flexibility index (Phi) is 5.33. The summed E-state index contributed by atoms with van der Waals surface area (Å²) in [6.07, 6.45) is 2.78. The maximum atomic E-state index is 13.1. The molecule has 2 aromatic rings. The molecule has 1 aromatic carbocycles. The molecule has 7 heteroatoms. The van der Waals surface area contributed by atoms with Gasteiger partial charge >= 0.3 is 0 Å². The number of ether oxygens (including phenoxy) is 1. The Bertz CT molecular complexity index is 990. The van der Waals surface area contributed by atoms with Gasteiger partial charge in [-0.25, -0.2) is 4.98 Å². The highest BCUT2D eigenvalue weighted by Gasteiger charge is 2.29. The predicted octanol–water partition coefficient (Wildman–Crippen LogP) is 3.33. The second-order valence-electron chi connectivity index (χ2n) is 6.45. The number of anilines is 2. The summed E-state index contributed by atoms with van der Waals surface area (Å²) >= 11 is 1.46. The van der Waals surface area contributed by atoms with Crippen molar-refractivity contribution in [2.45, 2.75) is 35.7 Å². The highest BCUT2D eigenvalue weighted by molar-refractivity contribution is 7.99. The summed E-state index contributed by atoms with van der Waals surface area (Å²) in [6, 6.07) is 9.31. The Morgan fingerprint density at radius 2 is 2.25 bits per heavy atom. The fourth-order valence-corrected chi connectivity index (χ4v) is 4.28. The number of hydrogen-bond acceptors (Lipinski definition) is 5. The van der Waals surface area contributed by atoms with E-state index in [0.717, 1.165) is 22.6 Å². The van der Waals surface area contributed by atoms with Crippen molar-refractivity contribution in [3.05, 3.63) is 42.1 Å². The number of nitrogens with one attached hydrogen (secondary N) is 1. The molecule has 0 bridgehead atoms. The molecule has 0 radical (unpaired) electrons. The molecule has 1 saturated heterocycles. The second-order valence-corrected chi connectivity index (χ2v) is 7.54. The molecule has 0 saturated carbocycles. The number of hydrogen-bond donors (Lipinski definition) is 1. The number of amides is 2. The van der Waals surface area contributed by atoms with E-state index in [1.54, 1.807) is 18.0 Å². The average molecular weight is 393 g/mol. The van der Waals surface area contributed by atoms with E-state index in [1.807, 2.05) is 30.3 Å². The number of carbonyl (C=O) groups excluding carboxylic acids is 2. The minimum Gasteiger partial charge on any atom is -0.368 e. The Hall–Kier alpha value is -2.82. The molecule has 2 aliphatic rings. The SMILES string of the molecule is CC#CCN1C(=O)c2ccccc2Sc2cc(NC(=O)C3CCCO3)cnc21. The lowest BCUT2D eigenvalue weighted by atomic mass is 10.2. The van der Waals surface area contributed by atoms with E-state index < -0.39 is 6.10 Å². The normalized spacial score (nSPS) is 17.8. The van der Waals surface area contributed by atoms with Gasteiger partial charge in [0.2, 0.25) is 0 Å². The monoisotopic (exact) mass is 393 g/mol. The molecule has 1 N–H and O–H groups in total. The van der Waals surface area contributed by atoms with Gasteiger partial charge < -0.3 is 10.1 Å². The summed E-state index contributed by atoms with van der Waals surface area (Å²) in [4.78, 5) is 33.1. The largest absolute Gasteiger partial charge is 0.368 e. The fourth-order valence-electron chi connectivity index (χ4n) is 3.19. The van der Waals surface area contributed by atoms with Crippen LogP contribution < -0.4 is 10.2 Å². The standard InChI is InChI=1S/C21H19N3O3S/c1-2-3-10-24-19-18(28-17-9-5-4-7-15(17)21(24)26)12-14(13-22-19)23-20(25)16-8-6-11-27-16/h4-5,7,9,12-13,16H,6,8,10-11H2,1H3,(H,23,25). The quantitative estimate of drug-likeness (QED) is 0.810. The Morgan fingerprint density at radius 3 is 3.04 bits per heavy atom. The molecule has 1 fully saturated rings. The van der Waals surface area contributed by atoms with Crippen molar-refractivity contribution < 1.29 is 14.3 Å². The first-order chi connectivity index (χ1) is 13.7. The minimum absolute atomic E-state index is 0.131. The zero-order valence-electron chi connectivity index (χ0n) is 15.4. The van der Waals surface area contributed by atoms with Crippen molar-refractivity contribution >= 4 is 35.1 Å². The van der Waals surface area contributed by atoms with Crippen LogP contribution in [0.4, 0.5) is 11.5 Å². The van der Waals surface area contributed by atoms with Gasteiger partial charge in [0.15, 0.2) is 5.82 Å². The van der Waals surface area contributed by atoms with Gasteiger partial charge in [-0.1, -0.05) is 29.8 Å². The maximum Gasteiger partial charge on any atom is 0.261 e. The molecule has 1 aromatic heterocycles. The fraction of sp³-hybridized carbons (Fsp3) is 0.286. The Labute approximate surface area is 167 Å². The number of carbonyl (C=O) groups is 2. The molecule has 28 heavy (non-hydrogen) atoms. The van der Waals surface area contributed by atoms with Gasteiger partial charge in [0.05, 0.1) is 28.9 Å². The van der Waals surface area contributed by atoms with E-state index in [0.29, 0.717) is 23.7 Å². The molecule has 142 valence electrons. The molecule has 1 atom stereocenters. The molecule has 2 amide bonds. The van der Waals surface area contributed by atoms with E-state index in [9.17, 15) is 9.59 Å². The first kappa shape index (κ1) is 18.5. The highest BCUT2D eigenvalue weighted by atomic mass is 32.2. The summed E-state index contributed by atoms with van der Waals surface area (Å²) in [6.45, 7) is 2.61. The predicted molar refractivity (Wildman–Crippen MR) is 108 cm³/mol. The molecule has 4 rings (SSSR count). The van der Waals surface area contributed by atoms with E-state index in [-0.39, 0.29) is 18.4 Å². The van der Waals surface area contributed by atoms with Crippen molar-refractivity contribution in [3.63, 3.8) is 0 Å². The van der Waals surface area contributed by atoms with Gasteiger partial charge in [-0.2, -0.15) is 0 Å². The molecular weight excluding hydrogens is 374 g/mol. The molecule has 3 heterocycles. The van der Waals surface area contributed by atoms with Gasteiger partial charge in [0.25, 0.3) is 11.8 Å². The average Bonchev–Trinajstić information content (AvgIpc) is 3.21. The van der Waals surface area contributed by atoms with Gasteiger partial charge in [0, 0.05) is 11.5 Å². The van der Waals surface area contributed by atoms with Crippen molar-refractivity contribution in [1.29, 1.82) is 0 Å². The number of nitrogens with zero attached hydrogens (tertiary/aromatic N) is 2. The van der Waals surface area contributed by atoms with E-state index >= 15 is 0 Å². The van der Waals surface area contributed by atoms with Gasteiger partial charge in [-0.05, 0) is 38.0 Å². The zero-order valence-corrected chi connectivity index (χ0v) is 16.2. The Morgan fingerprint density at radius 1 is 1.39 bits per heavy atom. The number of rotatable bonds is 3. The molecule has 0 spiro atoms. The summed E-state index contributed by atoms with van der Waals surface area (Å²) in [5.74, 6) is 6.03. The lowest BCUT2D eigenvalue weighted by molar-refractivity contribution is -0.124. The van der Waals surface area contributed by atoms with E-state index in [1.165, 1.54) is 11.8 Å². The molecule has 1 unspecified atom stereocenters. The van der Waals surface area contributed by atoms with Crippen LogP contribution in [0, 0.1) is 11.8 Å². The highest BCUT2D eigenvalue weighted by Crippen LogP contribution is 2.41. The molecule has 0 aliphatic carbocycles. The summed E-state index contributed by atoms with van der Waals surface area (Å²) in [5, 5.41) is 2.88. The molecule has 6 nitrogen and oxygen atoms in total. The van der Waals surface area contributed by atoms with Gasteiger partial charge in [-0.3, -0.25) is 14.5 Å². The minimum atomic E-state index is -0.412. The Balaban J connectivity index is 1.69. The smallest absolute Gasteiger partial charge is 0.261 e. The lowest BCUT2D eigenvalue weighted by Crippen LogP contribution is -2.32. The third-order valence-corrected chi connectivity index (χ3v) is 5.67. The van der Waals surface area contributed by atoms with Crippen LogP contribution in [0.5, 0.6) is 0 Å². The third-order valence-electron chi connectivity index (χ3n) is 4.57. The van der Waals surface area contributed by atoms with Crippen LogP contribution in [-0.2, 0) is 9.53 Å². The maximum absolute atomic E-state index is 13.1. The first-order valence-corrected chi connectivity index (χ1v) is 9.90. The van der Waals surface area contributed by atoms with Crippen LogP contribution in [0.2, 0.25) is 0 Å². The number of aromatic nitrogens is 1. The zero-order chi connectivity index (χ0) is 19.5. The van der Waals surface area contributed by atoms with E-state index in [4.69, 9.17) is 4.74 Å². The van der Waals surface area contributed by atoms with Crippen LogP contribution in [0.25, 0.3) is 0 Å². The van der Waals surface area contributed by atoms with Crippen molar-refractivity contribution in [2.75, 3.05) is 23.4 Å². The van der Waals surface area contributed by atoms with Crippen molar-refractivity contribution in [2.24, 2.45) is 0 Å². The first-order valence-electron chi connectivity index (χ1n) is 9.08. The van der Waals surface area contributed by atoms with Crippen LogP contribution >= 0.6 is 11.8 Å². The summed E-state index contributed by atoms with van der Waals surface area (Å²) in [7, 11) is 0. The van der Waals surface area contributed by atoms with Gasteiger partial charge in [0.1, 0.15) is 6.10 Å². The third kappa shape index (κ3) is 3.61. The van der Waals surface area contributed by atoms with Crippen LogP contribution in [-0.4, -0.2) is 36.1 Å². The molecule has 2 aliphatic heterocycles. The number of pyridine rings is 1. The second kappa shape index (κ2) is 8.05. The lowest BCUT2D eigenvalue weighted by Gasteiger charge is -2.20. The topological polar surface area (TPSA) is 71.5 Å². The van der Waals surface area contributed by atoms with Crippen LogP contribution in [0.3, 0.4) is 0 Å².